The van der Waals surface area contributed by atoms with Crippen molar-refractivity contribution in [2.45, 2.75) is 30.6 Å². The first-order valence-electron chi connectivity index (χ1n) is 6.63. The van der Waals surface area contributed by atoms with Gasteiger partial charge in [0, 0.05) is 18.9 Å². The van der Waals surface area contributed by atoms with Crippen molar-refractivity contribution in [2.75, 3.05) is 0 Å². The summed E-state index contributed by atoms with van der Waals surface area (Å²) in [6, 6.07) is 3.16. The Morgan fingerprint density at radius 2 is 1.92 bits per heavy atom. The van der Waals surface area contributed by atoms with E-state index in [1.807, 2.05) is 0 Å². The molecule has 12 heteroatoms. The average Bonchev–Trinajstić information content (AvgIpc) is 3.00. The van der Waals surface area contributed by atoms with Crippen LogP contribution in [0.3, 0.4) is 0 Å². The van der Waals surface area contributed by atoms with Crippen LogP contribution >= 0.6 is 0 Å². The number of hydrogen-bond acceptors (Lipinski definition) is 5. The van der Waals surface area contributed by atoms with Crippen molar-refractivity contribution >= 4 is 5.91 Å². The summed E-state index contributed by atoms with van der Waals surface area (Å²) in [4.78, 5) is 19.7. The zero-order valence-corrected chi connectivity index (χ0v) is 12.1. The number of carbonyl (C=O) groups is 1. The molecular weight excluding hydrogens is 360 g/mol. The summed E-state index contributed by atoms with van der Waals surface area (Å²) in [5, 5.41) is 11.4. The Kier molecular flexibility index (Phi) is 4.95. The second-order valence-corrected chi connectivity index (χ2v) is 5.03. The van der Waals surface area contributed by atoms with E-state index in [2.05, 4.69) is 15.1 Å². The first kappa shape index (κ1) is 19.0. The minimum atomic E-state index is -6.07. The van der Waals surface area contributed by atoms with Crippen molar-refractivity contribution in [1.29, 1.82) is 0 Å². The summed E-state index contributed by atoms with van der Waals surface area (Å²) in [5.74, 6) is -1.02. The molecule has 25 heavy (non-hydrogen) atoms. The molecule has 6 nitrogen and oxygen atoms in total. The number of nitrogens with one attached hydrogen (secondary N) is 2. The number of rotatable bonds is 4. The summed E-state index contributed by atoms with van der Waals surface area (Å²) >= 11 is 0. The first-order valence-corrected chi connectivity index (χ1v) is 6.63. The van der Waals surface area contributed by atoms with Crippen molar-refractivity contribution in [3.63, 3.8) is 0 Å². The molecule has 3 N–H and O–H groups in total. The highest BCUT2D eigenvalue weighted by molar-refractivity contribution is 5.93. The Morgan fingerprint density at radius 3 is 2.44 bits per heavy atom. The third kappa shape index (κ3) is 3.69. The van der Waals surface area contributed by atoms with Crippen molar-refractivity contribution in [3.8, 4) is 0 Å². The highest BCUT2D eigenvalue weighted by Crippen LogP contribution is 2.47. The number of aromatic nitrogens is 1. The van der Waals surface area contributed by atoms with Gasteiger partial charge in [0.15, 0.2) is 6.10 Å². The molecule has 1 amide bonds. The molecule has 2 heterocycles. The number of hydrogen-bond donors (Lipinski definition) is 3. The number of hydroxylamine groups is 1. The fourth-order valence-corrected chi connectivity index (χ4v) is 1.94. The molecule has 1 aliphatic heterocycles. The van der Waals surface area contributed by atoms with Crippen LogP contribution in [-0.4, -0.2) is 40.1 Å². The number of aliphatic hydroxyl groups is 1. The highest BCUT2D eigenvalue weighted by atomic mass is 19.4. The van der Waals surface area contributed by atoms with Gasteiger partial charge in [-0.2, -0.15) is 26.3 Å². The maximum Gasteiger partial charge on any atom is 0.429 e. The maximum atomic E-state index is 12.7. The molecular formula is C13H11F6N3O3. The van der Waals surface area contributed by atoms with E-state index in [9.17, 15) is 36.2 Å². The topological polar surface area (TPSA) is 83.5 Å². The second-order valence-electron chi connectivity index (χ2n) is 5.03. The standard InChI is InChI=1S/C13H11F6N3O3/c14-12(15,16)11(24,13(17,18)19)9-4-8(22-25-9)10(23)21-6-7-2-1-3-20-5-7/h1-5,9,22,24H,6H2,(H,21,23). The normalized spacial score (nSPS) is 18.5. The summed E-state index contributed by atoms with van der Waals surface area (Å²) in [5.41, 5.74) is -3.65. The molecule has 0 fully saturated rings. The molecule has 0 saturated carbocycles. The molecule has 1 aromatic rings. The van der Waals surface area contributed by atoms with E-state index in [1.165, 1.54) is 12.4 Å². The van der Waals surface area contributed by atoms with E-state index in [0.717, 1.165) is 0 Å². The largest absolute Gasteiger partial charge is 0.429 e. The Balaban J connectivity index is 2.13. The van der Waals surface area contributed by atoms with Crippen molar-refractivity contribution < 1.29 is 41.1 Å². The van der Waals surface area contributed by atoms with Gasteiger partial charge in [-0.1, -0.05) is 6.07 Å². The van der Waals surface area contributed by atoms with Crippen LogP contribution in [0, 0.1) is 0 Å². The van der Waals surface area contributed by atoms with Crippen molar-refractivity contribution in [1.82, 2.24) is 15.8 Å². The minimum absolute atomic E-state index is 0.0703. The van der Waals surface area contributed by atoms with Crippen molar-refractivity contribution in [2.24, 2.45) is 0 Å². The molecule has 1 unspecified atom stereocenters. The predicted octanol–water partition coefficient (Wildman–Crippen LogP) is 1.34. The lowest BCUT2D eigenvalue weighted by atomic mass is 9.94. The predicted molar refractivity (Wildman–Crippen MR) is 69.2 cm³/mol. The van der Waals surface area contributed by atoms with Gasteiger partial charge in [0.25, 0.3) is 11.5 Å². The van der Waals surface area contributed by atoms with E-state index in [-0.39, 0.29) is 12.6 Å². The van der Waals surface area contributed by atoms with Gasteiger partial charge < -0.3 is 10.4 Å². The summed E-state index contributed by atoms with van der Waals surface area (Å²) in [6.45, 7) is -0.0703. The van der Waals surface area contributed by atoms with Crippen LogP contribution in [0.25, 0.3) is 0 Å². The van der Waals surface area contributed by atoms with E-state index < -0.39 is 35.7 Å². The number of alkyl halides is 6. The first-order chi connectivity index (χ1) is 11.5. The van der Waals surface area contributed by atoms with E-state index in [4.69, 9.17) is 0 Å². The lowest BCUT2D eigenvalue weighted by molar-refractivity contribution is -0.390. The van der Waals surface area contributed by atoms with Crippen LogP contribution in [0.4, 0.5) is 26.3 Å². The van der Waals surface area contributed by atoms with Gasteiger partial charge in [0.2, 0.25) is 0 Å². The number of pyridine rings is 1. The third-order valence-corrected chi connectivity index (χ3v) is 3.31. The van der Waals surface area contributed by atoms with Crippen LogP contribution in [0.1, 0.15) is 5.56 Å². The molecule has 1 aromatic heterocycles. The van der Waals surface area contributed by atoms with Gasteiger partial charge >= 0.3 is 12.4 Å². The van der Waals surface area contributed by atoms with Crippen LogP contribution < -0.4 is 10.8 Å². The van der Waals surface area contributed by atoms with Gasteiger partial charge in [-0.15, -0.1) is 0 Å². The summed E-state index contributed by atoms with van der Waals surface area (Å²) in [6.07, 6.45) is -11.9. The van der Waals surface area contributed by atoms with E-state index in [1.54, 1.807) is 17.6 Å². The minimum Gasteiger partial charge on any atom is -0.371 e. The molecule has 1 aliphatic rings. The molecule has 0 saturated heterocycles. The number of amides is 1. The van der Waals surface area contributed by atoms with Crippen LogP contribution in [-0.2, 0) is 16.2 Å². The smallest absolute Gasteiger partial charge is 0.371 e. The summed E-state index contributed by atoms with van der Waals surface area (Å²) < 4.78 is 76.4. The van der Waals surface area contributed by atoms with E-state index in [0.29, 0.717) is 5.56 Å². The van der Waals surface area contributed by atoms with Gasteiger partial charge in [-0.25, -0.2) is 0 Å². The number of halogens is 6. The molecule has 2 rings (SSSR count). The van der Waals surface area contributed by atoms with Gasteiger partial charge in [0.1, 0.15) is 5.70 Å². The molecule has 1 atom stereocenters. The van der Waals surface area contributed by atoms with Crippen LogP contribution in [0.15, 0.2) is 36.3 Å². The van der Waals surface area contributed by atoms with E-state index >= 15 is 0 Å². The van der Waals surface area contributed by atoms with Crippen LogP contribution in [0.2, 0.25) is 0 Å². The Morgan fingerprint density at radius 1 is 1.28 bits per heavy atom. The Labute approximate surface area is 136 Å². The molecule has 138 valence electrons. The average molecular weight is 371 g/mol. The lowest BCUT2D eigenvalue weighted by Gasteiger charge is -2.34. The molecule has 0 radical (unpaired) electrons. The van der Waals surface area contributed by atoms with Gasteiger partial charge in [-0.05, 0) is 17.7 Å². The lowest BCUT2D eigenvalue weighted by Crippen LogP contribution is -2.64. The quantitative estimate of drug-likeness (QED) is 0.696. The fourth-order valence-electron chi connectivity index (χ4n) is 1.94. The van der Waals surface area contributed by atoms with Crippen LogP contribution in [0.5, 0.6) is 0 Å². The Hall–Kier alpha value is -2.34. The number of carbonyl (C=O) groups excluding carboxylic acids is 1. The number of nitrogens with zero attached hydrogens (tertiary/aromatic N) is 1. The molecule has 0 aliphatic carbocycles. The second kappa shape index (κ2) is 6.52. The maximum absolute atomic E-state index is 12.7. The monoisotopic (exact) mass is 371 g/mol. The molecule has 0 spiro atoms. The summed E-state index contributed by atoms with van der Waals surface area (Å²) in [7, 11) is 0. The Bertz CT molecular complexity index is 645. The SMILES string of the molecule is O=C(NCc1cccnc1)C1=CC(C(O)(C(F)(F)F)C(F)(F)F)ON1. The zero-order valence-electron chi connectivity index (χ0n) is 12.1. The third-order valence-electron chi connectivity index (χ3n) is 3.31. The fraction of sp³-hybridized carbons (Fsp3) is 0.385. The molecule has 0 bridgehead atoms. The highest BCUT2D eigenvalue weighted by Gasteiger charge is 2.75. The van der Waals surface area contributed by atoms with Gasteiger partial charge in [0.05, 0.1) is 0 Å². The van der Waals surface area contributed by atoms with Crippen molar-refractivity contribution in [3.05, 3.63) is 41.9 Å². The molecule has 0 aromatic carbocycles. The zero-order chi connectivity index (χ0) is 18.9. The van der Waals surface area contributed by atoms with Gasteiger partial charge in [-0.3, -0.25) is 20.1 Å².